The maximum absolute atomic E-state index is 9.14. The summed E-state index contributed by atoms with van der Waals surface area (Å²) in [5, 5.41) is 9.14. The molecule has 4 heteroatoms. The van der Waals surface area contributed by atoms with Gasteiger partial charge in [0.15, 0.2) is 0 Å². The molecule has 0 aromatic heterocycles. The van der Waals surface area contributed by atoms with Gasteiger partial charge in [0, 0.05) is 0 Å². The molecule has 0 bridgehead atoms. The van der Waals surface area contributed by atoms with E-state index in [9.17, 15) is 0 Å². The lowest BCUT2D eigenvalue weighted by Crippen LogP contribution is -2.41. The topological polar surface area (TPSA) is 42.2 Å². The minimum Gasteiger partial charge on any atom is -0.399 e. The highest BCUT2D eigenvalue weighted by molar-refractivity contribution is 6.62. The van der Waals surface area contributed by atoms with Gasteiger partial charge in [-0.2, -0.15) is 5.26 Å². The van der Waals surface area contributed by atoms with Gasteiger partial charge in [-0.15, -0.1) is 0 Å². The Kier molecular flexibility index (Phi) is 3.30. The van der Waals surface area contributed by atoms with E-state index in [4.69, 9.17) is 14.6 Å². The lowest BCUT2D eigenvalue weighted by atomic mass is 9.78. The molecule has 0 saturated carbocycles. The van der Waals surface area contributed by atoms with Crippen LogP contribution in [0.2, 0.25) is 0 Å². The highest BCUT2D eigenvalue weighted by Crippen LogP contribution is 2.36. The largest absolute Gasteiger partial charge is 0.494 e. The standard InChI is InChI=1S/C15H18BNO2/c1-6-11-7-8-13(9-12(11)10-17)16-18-14(2,3)15(4,5)19-16/h6-9H,1H2,2-5H3. The molecule has 1 saturated heterocycles. The molecule has 0 amide bonds. The van der Waals surface area contributed by atoms with Crippen LogP contribution in [0.25, 0.3) is 6.08 Å². The summed E-state index contributed by atoms with van der Waals surface area (Å²) in [7, 11) is -0.434. The molecule has 19 heavy (non-hydrogen) atoms. The molecule has 1 aliphatic heterocycles. The Morgan fingerprint density at radius 3 is 2.26 bits per heavy atom. The summed E-state index contributed by atoms with van der Waals surface area (Å²) in [5.41, 5.74) is 1.52. The van der Waals surface area contributed by atoms with Gasteiger partial charge in [0.2, 0.25) is 0 Å². The molecule has 3 nitrogen and oxygen atoms in total. The van der Waals surface area contributed by atoms with E-state index in [0.717, 1.165) is 11.0 Å². The van der Waals surface area contributed by atoms with Crippen LogP contribution < -0.4 is 5.46 Å². The maximum atomic E-state index is 9.14. The zero-order valence-electron chi connectivity index (χ0n) is 11.9. The molecule has 0 aliphatic carbocycles. The van der Waals surface area contributed by atoms with Crippen molar-refractivity contribution in [3.8, 4) is 6.07 Å². The summed E-state index contributed by atoms with van der Waals surface area (Å²) in [6, 6.07) is 7.76. The van der Waals surface area contributed by atoms with Crippen LogP contribution in [0.15, 0.2) is 24.8 Å². The average molecular weight is 255 g/mol. The Morgan fingerprint density at radius 1 is 1.21 bits per heavy atom. The van der Waals surface area contributed by atoms with Crippen LogP contribution in [0.4, 0.5) is 0 Å². The van der Waals surface area contributed by atoms with Crippen LogP contribution in [-0.4, -0.2) is 18.3 Å². The van der Waals surface area contributed by atoms with Crippen molar-refractivity contribution in [2.75, 3.05) is 0 Å². The first-order valence-electron chi connectivity index (χ1n) is 6.33. The predicted molar refractivity (Wildman–Crippen MR) is 77.0 cm³/mol. The Balaban J connectivity index is 2.36. The molecule has 2 rings (SSSR count). The van der Waals surface area contributed by atoms with E-state index in [2.05, 4.69) is 12.6 Å². The van der Waals surface area contributed by atoms with Crippen molar-refractivity contribution >= 4 is 18.7 Å². The normalized spacial score (nSPS) is 20.1. The van der Waals surface area contributed by atoms with Crippen LogP contribution in [0.5, 0.6) is 0 Å². The molecule has 0 spiro atoms. The number of hydrogen-bond acceptors (Lipinski definition) is 3. The molecule has 0 unspecified atom stereocenters. The Morgan fingerprint density at radius 2 is 1.79 bits per heavy atom. The van der Waals surface area contributed by atoms with Crippen molar-refractivity contribution in [2.24, 2.45) is 0 Å². The number of rotatable bonds is 2. The predicted octanol–water partition coefficient (Wildman–Crippen LogP) is 2.50. The molecule has 1 heterocycles. The van der Waals surface area contributed by atoms with Gasteiger partial charge < -0.3 is 9.31 Å². The van der Waals surface area contributed by atoms with Crippen LogP contribution in [0.1, 0.15) is 38.8 Å². The minimum atomic E-state index is -0.434. The summed E-state index contributed by atoms with van der Waals surface area (Å²) in [5.74, 6) is 0. The highest BCUT2D eigenvalue weighted by Gasteiger charge is 2.51. The summed E-state index contributed by atoms with van der Waals surface area (Å²) in [6.07, 6.45) is 1.67. The van der Waals surface area contributed by atoms with Gasteiger partial charge in [0.1, 0.15) is 0 Å². The van der Waals surface area contributed by atoms with Gasteiger partial charge in [0.05, 0.1) is 22.8 Å². The molecule has 0 N–H and O–H groups in total. The average Bonchev–Trinajstić information content (AvgIpc) is 2.57. The Labute approximate surface area is 115 Å². The molecule has 1 aliphatic rings. The quantitative estimate of drug-likeness (QED) is 0.762. The van der Waals surface area contributed by atoms with E-state index < -0.39 is 7.12 Å². The van der Waals surface area contributed by atoms with Crippen molar-refractivity contribution in [2.45, 2.75) is 38.9 Å². The minimum absolute atomic E-state index is 0.373. The number of hydrogen-bond donors (Lipinski definition) is 0. The van der Waals surface area contributed by atoms with Crippen molar-refractivity contribution < 1.29 is 9.31 Å². The molecule has 1 aromatic carbocycles. The van der Waals surface area contributed by atoms with Gasteiger partial charge in [-0.3, -0.25) is 0 Å². The van der Waals surface area contributed by atoms with Gasteiger partial charge in [-0.25, -0.2) is 0 Å². The third kappa shape index (κ3) is 2.32. The molecule has 1 aromatic rings. The number of nitrogens with zero attached hydrogens (tertiary/aromatic N) is 1. The molecule has 0 radical (unpaired) electrons. The first-order chi connectivity index (χ1) is 8.80. The fraction of sp³-hybridized carbons (Fsp3) is 0.400. The Bertz CT molecular complexity index is 542. The van der Waals surface area contributed by atoms with Crippen LogP contribution >= 0.6 is 0 Å². The fourth-order valence-corrected chi connectivity index (χ4v) is 1.97. The van der Waals surface area contributed by atoms with Crippen LogP contribution in [0.3, 0.4) is 0 Å². The van der Waals surface area contributed by atoms with Gasteiger partial charge in [-0.1, -0.05) is 24.8 Å². The lowest BCUT2D eigenvalue weighted by molar-refractivity contribution is 0.00578. The summed E-state index contributed by atoms with van der Waals surface area (Å²) >= 11 is 0. The lowest BCUT2D eigenvalue weighted by Gasteiger charge is -2.32. The first-order valence-corrected chi connectivity index (χ1v) is 6.33. The van der Waals surface area contributed by atoms with Crippen molar-refractivity contribution in [1.82, 2.24) is 0 Å². The SMILES string of the molecule is C=Cc1ccc(B2OC(C)(C)C(C)(C)O2)cc1C#N. The number of nitriles is 1. The van der Waals surface area contributed by atoms with E-state index in [1.165, 1.54) is 0 Å². The van der Waals surface area contributed by atoms with Crippen molar-refractivity contribution in [3.05, 3.63) is 35.9 Å². The molecular formula is C15H18BNO2. The summed E-state index contributed by atoms with van der Waals surface area (Å²) in [4.78, 5) is 0. The molecular weight excluding hydrogens is 237 g/mol. The van der Waals surface area contributed by atoms with Crippen molar-refractivity contribution in [1.29, 1.82) is 5.26 Å². The van der Waals surface area contributed by atoms with Crippen molar-refractivity contribution in [3.63, 3.8) is 0 Å². The second-order valence-electron chi connectivity index (χ2n) is 5.75. The van der Waals surface area contributed by atoms with Crippen LogP contribution in [-0.2, 0) is 9.31 Å². The molecule has 0 atom stereocenters. The second-order valence-corrected chi connectivity index (χ2v) is 5.75. The van der Waals surface area contributed by atoms with E-state index in [1.54, 1.807) is 12.1 Å². The smallest absolute Gasteiger partial charge is 0.399 e. The van der Waals surface area contributed by atoms with Gasteiger partial charge >= 0.3 is 7.12 Å². The second kappa shape index (κ2) is 4.52. The molecule has 1 fully saturated rings. The third-order valence-corrected chi connectivity index (χ3v) is 3.94. The van der Waals surface area contributed by atoms with E-state index in [0.29, 0.717) is 5.56 Å². The zero-order valence-corrected chi connectivity index (χ0v) is 11.9. The zero-order chi connectivity index (χ0) is 14.3. The number of benzene rings is 1. The van der Waals surface area contributed by atoms with Gasteiger partial charge in [0.25, 0.3) is 0 Å². The third-order valence-electron chi connectivity index (χ3n) is 3.94. The monoisotopic (exact) mass is 255 g/mol. The molecule has 98 valence electrons. The first kappa shape index (κ1) is 13.9. The fourth-order valence-electron chi connectivity index (χ4n) is 1.97. The Hall–Kier alpha value is -1.57. The van der Waals surface area contributed by atoms with Crippen LogP contribution in [0, 0.1) is 11.3 Å². The van der Waals surface area contributed by atoms with Gasteiger partial charge in [-0.05, 0) is 44.8 Å². The maximum Gasteiger partial charge on any atom is 0.494 e. The van der Waals surface area contributed by atoms with E-state index >= 15 is 0 Å². The van der Waals surface area contributed by atoms with E-state index in [1.807, 2.05) is 39.8 Å². The summed E-state index contributed by atoms with van der Waals surface area (Å²) in [6.45, 7) is 11.7. The highest BCUT2D eigenvalue weighted by atomic mass is 16.7. The summed E-state index contributed by atoms with van der Waals surface area (Å²) < 4.78 is 11.9. The van der Waals surface area contributed by atoms with E-state index in [-0.39, 0.29) is 11.2 Å².